The number of nitrogens with zero attached hydrogens (tertiary/aromatic N) is 4. The smallest absolute Gasteiger partial charge is 0.165 e. The normalized spacial score (nSPS) is 11.4. The zero-order valence-corrected chi connectivity index (χ0v) is 14.7. The molecular weight excluding hydrogens is 308 g/mol. The Morgan fingerprint density at radius 2 is 1.84 bits per heavy atom. The first-order valence-electron chi connectivity index (χ1n) is 8.98. The van der Waals surface area contributed by atoms with Gasteiger partial charge >= 0.3 is 0 Å². The van der Waals surface area contributed by atoms with Crippen molar-refractivity contribution < 1.29 is 0 Å². The fraction of sp³-hybridized carbons (Fsp3) is 0.286. The summed E-state index contributed by atoms with van der Waals surface area (Å²) in [5.41, 5.74) is 4.32. The fourth-order valence-corrected chi connectivity index (χ4v) is 3.50. The standard InChI is InChI=1S/C21H22N4/c1-3-4-5-11-17-16-10-6-7-12-18(16)23-21-20(17)15(2)24-25(21)19-13-8-9-14-22-19/h6-10,12-14H,3-5,11H2,1-2H3. The zero-order chi connectivity index (χ0) is 17.2. The van der Waals surface area contributed by atoms with Crippen molar-refractivity contribution in [2.45, 2.75) is 39.5 Å². The summed E-state index contributed by atoms with van der Waals surface area (Å²) < 4.78 is 1.88. The van der Waals surface area contributed by atoms with Crippen LogP contribution in [-0.4, -0.2) is 19.7 Å². The number of benzene rings is 1. The van der Waals surface area contributed by atoms with Crippen molar-refractivity contribution in [1.29, 1.82) is 0 Å². The molecule has 4 heteroatoms. The van der Waals surface area contributed by atoms with Crippen molar-refractivity contribution in [1.82, 2.24) is 19.7 Å². The average Bonchev–Trinajstić information content (AvgIpc) is 2.98. The van der Waals surface area contributed by atoms with Gasteiger partial charge in [0.2, 0.25) is 0 Å². The summed E-state index contributed by atoms with van der Waals surface area (Å²) in [7, 11) is 0. The number of hydrogen-bond donors (Lipinski definition) is 0. The van der Waals surface area contributed by atoms with Gasteiger partial charge in [-0.05, 0) is 43.5 Å². The van der Waals surface area contributed by atoms with Gasteiger partial charge in [0, 0.05) is 17.0 Å². The number of aryl methyl sites for hydroxylation is 2. The van der Waals surface area contributed by atoms with E-state index in [2.05, 4.69) is 37.0 Å². The van der Waals surface area contributed by atoms with Crippen molar-refractivity contribution >= 4 is 21.9 Å². The molecule has 4 rings (SSSR count). The Bertz CT molecular complexity index is 1020. The Morgan fingerprint density at radius 3 is 2.64 bits per heavy atom. The van der Waals surface area contributed by atoms with Gasteiger partial charge in [-0.3, -0.25) is 0 Å². The van der Waals surface area contributed by atoms with Gasteiger partial charge in [-0.1, -0.05) is 44.0 Å². The van der Waals surface area contributed by atoms with E-state index in [1.165, 1.54) is 35.6 Å². The molecule has 126 valence electrons. The Balaban J connectivity index is 2.00. The largest absolute Gasteiger partial charge is 0.237 e. The maximum atomic E-state index is 4.92. The molecule has 0 saturated heterocycles. The molecule has 0 amide bonds. The highest BCUT2D eigenvalue weighted by atomic mass is 15.3. The molecule has 0 aliphatic heterocycles. The van der Waals surface area contributed by atoms with E-state index in [1.807, 2.05) is 28.9 Å². The van der Waals surface area contributed by atoms with E-state index in [9.17, 15) is 0 Å². The number of pyridine rings is 2. The van der Waals surface area contributed by atoms with Gasteiger partial charge in [0.15, 0.2) is 11.5 Å². The van der Waals surface area contributed by atoms with Crippen LogP contribution in [-0.2, 0) is 6.42 Å². The summed E-state index contributed by atoms with van der Waals surface area (Å²) in [6.45, 7) is 4.31. The molecular formula is C21H22N4. The second-order valence-electron chi connectivity index (χ2n) is 6.45. The Morgan fingerprint density at radius 1 is 1.00 bits per heavy atom. The van der Waals surface area contributed by atoms with Gasteiger partial charge in [0.05, 0.1) is 11.2 Å². The zero-order valence-electron chi connectivity index (χ0n) is 14.7. The maximum absolute atomic E-state index is 4.92. The molecule has 4 nitrogen and oxygen atoms in total. The van der Waals surface area contributed by atoms with Crippen LogP contribution in [0.1, 0.15) is 37.4 Å². The van der Waals surface area contributed by atoms with E-state index in [0.29, 0.717) is 0 Å². The van der Waals surface area contributed by atoms with E-state index >= 15 is 0 Å². The first-order valence-corrected chi connectivity index (χ1v) is 8.98. The monoisotopic (exact) mass is 330 g/mol. The van der Waals surface area contributed by atoms with Crippen molar-refractivity contribution in [2.75, 3.05) is 0 Å². The first kappa shape index (κ1) is 15.8. The van der Waals surface area contributed by atoms with Gasteiger partial charge in [0.25, 0.3) is 0 Å². The van der Waals surface area contributed by atoms with Crippen LogP contribution < -0.4 is 0 Å². The molecule has 3 heterocycles. The quantitative estimate of drug-likeness (QED) is 0.483. The lowest BCUT2D eigenvalue weighted by molar-refractivity contribution is 0.721. The minimum absolute atomic E-state index is 0.808. The summed E-state index contributed by atoms with van der Waals surface area (Å²) in [5.74, 6) is 0.808. The van der Waals surface area contributed by atoms with Gasteiger partial charge in [-0.25, -0.2) is 9.97 Å². The van der Waals surface area contributed by atoms with Crippen LogP contribution in [0.25, 0.3) is 27.8 Å². The summed E-state index contributed by atoms with van der Waals surface area (Å²) in [6.07, 6.45) is 6.50. The number of hydrogen-bond acceptors (Lipinski definition) is 3. The van der Waals surface area contributed by atoms with Crippen molar-refractivity contribution in [2.24, 2.45) is 0 Å². The lowest BCUT2D eigenvalue weighted by atomic mass is 9.98. The Kier molecular flexibility index (Phi) is 4.18. The molecule has 0 spiro atoms. The molecule has 0 radical (unpaired) electrons. The van der Waals surface area contributed by atoms with Gasteiger partial charge in [-0.2, -0.15) is 9.78 Å². The summed E-state index contributed by atoms with van der Waals surface area (Å²) >= 11 is 0. The van der Waals surface area contributed by atoms with Crippen LogP contribution in [0.3, 0.4) is 0 Å². The second-order valence-corrected chi connectivity index (χ2v) is 6.45. The molecule has 3 aromatic heterocycles. The lowest BCUT2D eigenvalue weighted by Crippen LogP contribution is -2.01. The van der Waals surface area contributed by atoms with Crippen LogP contribution in [0.4, 0.5) is 0 Å². The second kappa shape index (κ2) is 6.63. The summed E-state index contributed by atoms with van der Waals surface area (Å²) in [4.78, 5) is 9.38. The number of rotatable bonds is 5. The van der Waals surface area contributed by atoms with Gasteiger partial charge in [0.1, 0.15) is 0 Å². The molecule has 0 bridgehead atoms. The first-order chi connectivity index (χ1) is 12.3. The Hall–Kier alpha value is -2.75. The third-order valence-corrected chi connectivity index (χ3v) is 4.69. The SMILES string of the molecule is CCCCCc1c2ccccc2nc2c1c(C)nn2-c1ccccn1. The third-order valence-electron chi connectivity index (χ3n) is 4.69. The van der Waals surface area contributed by atoms with Crippen molar-refractivity contribution in [3.05, 3.63) is 59.9 Å². The van der Waals surface area contributed by atoms with E-state index < -0.39 is 0 Å². The van der Waals surface area contributed by atoms with E-state index in [-0.39, 0.29) is 0 Å². The summed E-state index contributed by atoms with van der Waals surface area (Å²) in [5, 5.41) is 7.19. The minimum atomic E-state index is 0.808. The third kappa shape index (κ3) is 2.78. The minimum Gasteiger partial charge on any atom is -0.237 e. The fourth-order valence-electron chi connectivity index (χ4n) is 3.50. The highest BCUT2D eigenvalue weighted by Gasteiger charge is 2.17. The molecule has 0 saturated carbocycles. The number of unbranched alkanes of at least 4 members (excludes halogenated alkanes) is 2. The van der Waals surface area contributed by atoms with Crippen LogP contribution in [0.5, 0.6) is 0 Å². The molecule has 4 aromatic rings. The van der Waals surface area contributed by atoms with Gasteiger partial charge < -0.3 is 0 Å². The average molecular weight is 330 g/mol. The van der Waals surface area contributed by atoms with Crippen molar-refractivity contribution in [3.8, 4) is 5.82 Å². The number of para-hydroxylation sites is 1. The van der Waals surface area contributed by atoms with Crippen LogP contribution >= 0.6 is 0 Å². The Labute approximate surface area is 147 Å². The molecule has 0 fully saturated rings. The number of aromatic nitrogens is 4. The van der Waals surface area contributed by atoms with E-state index in [1.54, 1.807) is 6.20 Å². The van der Waals surface area contributed by atoms with Gasteiger partial charge in [-0.15, -0.1) is 0 Å². The number of fused-ring (bicyclic) bond motifs is 2. The predicted octanol–water partition coefficient (Wildman–Crippen LogP) is 5.01. The maximum Gasteiger partial charge on any atom is 0.165 e. The molecule has 0 N–H and O–H groups in total. The lowest BCUT2D eigenvalue weighted by Gasteiger charge is -2.09. The van der Waals surface area contributed by atoms with E-state index in [4.69, 9.17) is 10.1 Å². The van der Waals surface area contributed by atoms with Crippen molar-refractivity contribution in [3.63, 3.8) is 0 Å². The van der Waals surface area contributed by atoms with Crippen LogP contribution in [0, 0.1) is 6.92 Å². The van der Waals surface area contributed by atoms with Crippen LogP contribution in [0.15, 0.2) is 48.7 Å². The highest BCUT2D eigenvalue weighted by molar-refractivity contribution is 5.97. The molecule has 1 aromatic carbocycles. The molecule has 0 unspecified atom stereocenters. The van der Waals surface area contributed by atoms with E-state index in [0.717, 1.165) is 29.1 Å². The topological polar surface area (TPSA) is 43.6 Å². The molecule has 0 atom stereocenters. The molecule has 25 heavy (non-hydrogen) atoms. The highest BCUT2D eigenvalue weighted by Crippen LogP contribution is 2.30. The summed E-state index contributed by atoms with van der Waals surface area (Å²) in [6, 6.07) is 14.3. The molecule has 0 aliphatic carbocycles. The van der Waals surface area contributed by atoms with Crippen LogP contribution in [0.2, 0.25) is 0 Å². The molecule has 0 aliphatic rings. The predicted molar refractivity (Wildman–Crippen MR) is 102 cm³/mol.